The van der Waals surface area contributed by atoms with Crippen LogP contribution in [0.5, 0.6) is 11.5 Å². The van der Waals surface area contributed by atoms with Crippen molar-refractivity contribution in [2.24, 2.45) is 5.84 Å². The standard InChI is InChI=1S/C18H21N3O2/c1-11-8-14(20-19)9-12(2)17(11)23-15-4-5-16-13(10-15)6-7-21(3)18(16)22/h4-5,8-10,20H,6-7,19H2,1-3H3. The third-order valence-electron chi connectivity index (χ3n) is 4.22. The summed E-state index contributed by atoms with van der Waals surface area (Å²) in [4.78, 5) is 13.9. The molecule has 2 aromatic rings. The molecule has 5 heteroatoms. The highest BCUT2D eigenvalue weighted by Gasteiger charge is 2.21. The zero-order valence-corrected chi connectivity index (χ0v) is 13.6. The lowest BCUT2D eigenvalue weighted by molar-refractivity contribution is 0.0781. The monoisotopic (exact) mass is 311 g/mol. The smallest absolute Gasteiger partial charge is 0.253 e. The molecule has 1 aliphatic rings. The fourth-order valence-electron chi connectivity index (χ4n) is 2.96. The van der Waals surface area contributed by atoms with Gasteiger partial charge in [-0.2, -0.15) is 0 Å². The first-order chi connectivity index (χ1) is 11.0. The Morgan fingerprint density at radius 3 is 2.52 bits per heavy atom. The molecule has 0 fully saturated rings. The van der Waals surface area contributed by atoms with E-state index < -0.39 is 0 Å². The summed E-state index contributed by atoms with van der Waals surface area (Å²) in [6, 6.07) is 9.56. The molecule has 0 aliphatic carbocycles. The van der Waals surface area contributed by atoms with Gasteiger partial charge in [0.1, 0.15) is 11.5 Å². The van der Waals surface area contributed by atoms with Gasteiger partial charge in [-0.15, -0.1) is 0 Å². The number of anilines is 1. The Hall–Kier alpha value is -2.53. The van der Waals surface area contributed by atoms with E-state index in [9.17, 15) is 4.79 Å². The summed E-state index contributed by atoms with van der Waals surface area (Å²) in [6.45, 7) is 4.71. The predicted molar refractivity (Wildman–Crippen MR) is 90.9 cm³/mol. The van der Waals surface area contributed by atoms with Gasteiger partial charge in [0, 0.05) is 24.8 Å². The van der Waals surface area contributed by atoms with Gasteiger partial charge in [0.2, 0.25) is 0 Å². The van der Waals surface area contributed by atoms with E-state index >= 15 is 0 Å². The molecule has 0 radical (unpaired) electrons. The number of carbonyl (C=O) groups excluding carboxylic acids is 1. The summed E-state index contributed by atoms with van der Waals surface area (Å²) in [6.07, 6.45) is 0.850. The van der Waals surface area contributed by atoms with Crippen LogP contribution in [0, 0.1) is 13.8 Å². The number of nitrogens with zero attached hydrogens (tertiary/aromatic N) is 1. The van der Waals surface area contributed by atoms with Gasteiger partial charge in [-0.3, -0.25) is 10.6 Å². The van der Waals surface area contributed by atoms with Gasteiger partial charge < -0.3 is 15.1 Å². The molecule has 0 spiro atoms. The summed E-state index contributed by atoms with van der Waals surface area (Å²) in [5.74, 6) is 7.11. The number of hydrazine groups is 1. The number of rotatable bonds is 3. The molecule has 3 N–H and O–H groups in total. The van der Waals surface area contributed by atoms with E-state index in [1.807, 2.05) is 51.2 Å². The van der Waals surface area contributed by atoms with E-state index in [4.69, 9.17) is 10.6 Å². The fourth-order valence-corrected chi connectivity index (χ4v) is 2.96. The van der Waals surface area contributed by atoms with Crippen LogP contribution < -0.4 is 16.0 Å². The molecule has 0 unspecified atom stereocenters. The SMILES string of the molecule is Cc1cc(NN)cc(C)c1Oc1ccc2c(c1)CCN(C)C2=O. The fraction of sp³-hybridized carbons (Fsp3) is 0.278. The molecule has 1 heterocycles. The Kier molecular flexibility index (Phi) is 3.96. The average molecular weight is 311 g/mol. The van der Waals surface area contributed by atoms with Crippen molar-refractivity contribution in [3.05, 3.63) is 52.6 Å². The van der Waals surface area contributed by atoms with Gasteiger partial charge in [-0.1, -0.05) is 0 Å². The lowest BCUT2D eigenvalue weighted by Crippen LogP contribution is -2.34. The molecule has 0 saturated carbocycles. The van der Waals surface area contributed by atoms with Crippen molar-refractivity contribution in [1.82, 2.24) is 4.90 Å². The Morgan fingerprint density at radius 2 is 1.87 bits per heavy atom. The second-order valence-electron chi connectivity index (χ2n) is 5.98. The molecule has 120 valence electrons. The quantitative estimate of drug-likeness (QED) is 0.675. The molecule has 5 nitrogen and oxygen atoms in total. The molecule has 23 heavy (non-hydrogen) atoms. The highest BCUT2D eigenvalue weighted by Crippen LogP contribution is 2.33. The van der Waals surface area contributed by atoms with Crippen molar-refractivity contribution in [2.75, 3.05) is 19.0 Å². The molecular formula is C18H21N3O2. The summed E-state index contributed by atoms with van der Waals surface area (Å²) in [7, 11) is 1.83. The molecule has 2 aromatic carbocycles. The summed E-state index contributed by atoms with van der Waals surface area (Å²) >= 11 is 0. The molecule has 1 aliphatic heterocycles. The number of nitrogens with one attached hydrogen (secondary N) is 1. The van der Waals surface area contributed by atoms with Crippen LogP contribution in [0.4, 0.5) is 5.69 Å². The van der Waals surface area contributed by atoms with Crippen LogP contribution in [0.3, 0.4) is 0 Å². The maximum absolute atomic E-state index is 12.1. The number of nitrogens with two attached hydrogens (primary N) is 1. The number of likely N-dealkylation sites (N-methyl/N-ethyl adjacent to an activating group) is 1. The van der Waals surface area contributed by atoms with E-state index in [0.717, 1.165) is 52.4 Å². The molecule has 0 saturated heterocycles. The number of nitrogen functional groups attached to an aromatic ring is 1. The van der Waals surface area contributed by atoms with Gasteiger partial charge in [0.25, 0.3) is 5.91 Å². The van der Waals surface area contributed by atoms with Crippen LogP contribution in [-0.2, 0) is 6.42 Å². The zero-order valence-electron chi connectivity index (χ0n) is 13.6. The van der Waals surface area contributed by atoms with Crippen LogP contribution in [0.25, 0.3) is 0 Å². The molecule has 3 rings (SSSR count). The Labute approximate surface area is 136 Å². The summed E-state index contributed by atoms with van der Waals surface area (Å²) < 4.78 is 6.07. The van der Waals surface area contributed by atoms with E-state index in [1.54, 1.807) is 4.90 Å². The number of ether oxygens (including phenoxy) is 1. The Bertz CT molecular complexity index is 748. The van der Waals surface area contributed by atoms with E-state index in [2.05, 4.69) is 5.43 Å². The molecular weight excluding hydrogens is 290 g/mol. The van der Waals surface area contributed by atoms with Gasteiger partial charge in [0.05, 0.1) is 0 Å². The second kappa shape index (κ2) is 5.93. The van der Waals surface area contributed by atoms with Crippen molar-refractivity contribution in [1.29, 1.82) is 0 Å². The minimum absolute atomic E-state index is 0.0727. The van der Waals surface area contributed by atoms with Crippen LogP contribution in [0.1, 0.15) is 27.0 Å². The number of hydrogen-bond donors (Lipinski definition) is 2. The van der Waals surface area contributed by atoms with E-state index in [0.29, 0.717) is 0 Å². The predicted octanol–water partition coefficient (Wildman–Crippen LogP) is 3.01. The van der Waals surface area contributed by atoms with E-state index in [1.165, 1.54) is 0 Å². The van der Waals surface area contributed by atoms with Crippen molar-refractivity contribution < 1.29 is 9.53 Å². The number of hydrogen-bond acceptors (Lipinski definition) is 4. The maximum Gasteiger partial charge on any atom is 0.253 e. The summed E-state index contributed by atoms with van der Waals surface area (Å²) in [5.41, 5.74) is 7.33. The Balaban J connectivity index is 1.92. The number of amides is 1. The van der Waals surface area contributed by atoms with Crippen LogP contribution in [0.15, 0.2) is 30.3 Å². The number of fused-ring (bicyclic) bond motifs is 1. The van der Waals surface area contributed by atoms with Crippen LogP contribution >= 0.6 is 0 Å². The van der Waals surface area contributed by atoms with Crippen LogP contribution in [0.2, 0.25) is 0 Å². The van der Waals surface area contributed by atoms with Crippen molar-refractivity contribution in [3.8, 4) is 11.5 Å². The van der Waals surface area contributed by atoms with E-state index in [-0.39, 0.29) is 5.91 Å². The zero-order chi connectivity index (χ0) is 16.6. The van der Waals surface area contributed by atoms with Gasteiger partial charge in [-0.05, 0) is 67.3 Å². The third-order valence-corrected chi connectivity index (χ3v) is 4.22. The van der Waals surface area contributed by atoms with Gasteiger partial charge >= 0.3 is 0 Å². The van der Waals surface area contributed by atoms with Crippen molar-refractivity contribution >= 4 is 11.6 Å². The number of carbonyl (C=O) groups is 1. The minimum atomic E-state index is 0.0727. The number of benzene rings is 2. The normalized spacial score (nSPS) is 13.7. The summed E-state index contributed by atoms with van der Waals surface area (Å²) in [5, 5.41) is 0. The molecule has 0 atom stereocenters. The number of aryl methyl sites for hydroxylation is 2. The molecule has 1 amide bonds. The first-order valence-electron chi connectivity index (χ1n) is 7.63. The lowest BCUT2D eigenvalue weighted by atomic mass is 9.99. The lowest BCUT2D eigenvalue weighted by Gasteiger charge is -2.25. The Morgan fingerprint density at radius 1 is 1.17 bits per heavy atom. The average Bonchev–Trinajstić information content (AvgIpc) is 2.54. The van der Waals surface area contributed by atoms with Gasteiger partial charge in [-0.25, -0.2) is 0 Å². The second-order valence-corrected chi connectivity index (χ2v) is 5.98. The maximum atomic E-state index is 12.1. The highest BCUT2D eigenvalue weighted by molar-refractivity contribution is 5.96. The van der Waals surface area contributed by atoms with Crippen LogP contribution in [-0.4, -0.2) is 24.4 Å². The van der Waals surface area contributed by atoms with Crippen molar-refractivity contribution in [2.45, 2.75) is 20.3 Å². The molecule has 0 aromatic heterocycles. The molecule has 0 bridgehead atoms. The topological polar surface area (TPSA) is 67.6 Å². The first-order valence-corrected chi connectivity index (χ1v) is 7.63. The van der Waals surface area contributed by atoms with Crippen molar-refractivity contribution in [3.63, 3.8) is 0 Å². The first kappa shape index (κ1) is 15.4. The third kappa shape index (κ3) is 2.87. The van der Waals surface area contributed by atoms with Gasteiger partial charge in [0.15, 0.2) is 0 Å². The minimum Gasteiger partial charge on any atom is -0.457 e. The highest BCUT2D eigenvalue weighted by atomic mass is 16.5. The largest absolute Gasteiger partial charge is 0.457 e.